The highest BCUT2D eigenvalue weighted by Gasteiger charge is 2.04. The van der Waals surface area contributed by atoms with Gasteiger partial charge in [-0.2, -0.15) is 0 Å². The molecule has 2 heteroatoms. The van der Waals surface area contributed by atoms with Gasteiger partial charge in [0.05, 0.1) is 12.8 Å². The van der Waals surface area contributed by atoms with Crippen LogP contribution in [0, 0.1) is 6.92 Å². The first-order chi connectivity index (χ1) is 7.72. The molecule has 0 aromatic heterocycles. The van der Waals surface area contributed by atoms with Crippen molar-refractivity contribution in [1.29, 1.82) is 0 Å². The van der Waals surface area contributed by atoms with Crippen molar-refractivity contribution in [2.75, 3.05) is 12.8 Å². The quantitative estimate of drug-likeness (QED) is 0.777. The maximum Gasteiger partial charge on any atom is 0.141 e. The summed E-state index contributed by atoms with van der Waals surface area (Å²) >= 11 is 0. The SMILES string of the molecule is COc1ccc(-c2ccccc2C)cc1N. The molecule has 0 fully saturated rings. The summed E-state index contributed by atoms with van der Waals surface area (Å²) in [7, 11) is 1.62. The summed E-state index contributed by atoms with van der Waals surface area (Å²) in [5.41, 5.74) is 10.1. The van der Waals surface area contributed by atoms with E-state index in [-0.39, 0.29) is 0 Å². The monoisotopic (exact) mass is 213 g/mol. The lowest BCUT2D eigenvalue weighted by molar-refractivity contribution is 0.417. The third-order valence-corrected chi connectivity index (χ3v) is 2.69. The van der Waals surface area contributed by atoms with Crippen molar-refractivity contribution < 1.29 is 4.74 Å². The fraction of sp³-hybridized carbons (Fsp3) is 0.143. The van der Waals surface area contributed by atoms with E-state index >= 15 is 0 Å². The van der Waals surface area contributed by atoms with Gasteiger partial charge in [0.2, 0.25) is 0 Å². The van der Waals surface area contributed by atoms with Crippen LogP contribution in [0.2, 0.25) is 0 Å². The van der Waals surface area contributed by atoms with Crippen LogP contribution in [0.3, 0.4) is 0 Å². The van der Waals surface area contributed by atoms with Gasteiger partial charge in [-0.25, -0.2) is 0 Å². The fourth-order valence-corrected chi connectivity index (χ4v) is 1.80. The lowest BCUT2D eigenvalue weighted by Crippen LogP contribution is -1.93. The van der Waals surface area contributed by atoms with Crippen molar-refractivity contribution in [2.45, 2.75) is 6.92 Å². The minimum atomic E-state index is 0.670. The van der Waals surface area contributed by atoms with Gasteiger partial charge in [-0.1, -0.05) is 30.3 Å². The first-order valence-electron chi connectivity index (χ1n) is 5.22. The largest absolute Gasteiger partial charge is 0.495 e. The Bertz CT molecular complexity index is 506. The second-order valence-electron chi connectivity index (χ2n) is 3.77. The third kappa shape index (κ3) is 1.87. The maximum absolute atomic E-state index is 5.89. The normalized spacial score (nSPS) is 10.1. The Hall–Kier alpha value is -1.96. The maximum atomic E-state index is 5.89. The molecule has 0 saturated carbocycles. The summed E-state index contributed by atoms with van der Waals surface area (Å²) in [6, 6.07) is 14.1. The molecule has 0 atom stereocenters. The minimum Gasteiger partial charge on any atom is -0.495 e. The van der Waals surface area contributed by atoms with Crippen LogP contribution >= 0.6 is 0 Å². The highest BCUT2D eigenvalue weighted by molar-refractivity contribution is 5.72. The number of benzene rings is 2. The van der Waals surface area contributed by atoms with Gasteiger partial charge in [-0.15, -0.1) is 0 Å². The molecule has 0 unspecified atom stereocenters. The molecule has 2 aromatic carbocycles. The van der Waals surface area contributed by atoms with Crippen molar-refractivity contribution in [3.8, 4) is 16.9 Å². The molecule has 2 rings (SSSR count). The van der Waals surface area contributed by atoms with Crippen LogP contribution in [0.5, 0.6) is 5.75 Å². The summed E-state index contributed by atoms with van der Waals surface area (Å²) in [6.07, 6.45) is 0. The molecule has 0 saturated heterocycles. The van der Waals surface area contributed by atoms with E-state index in [0.717, 1.165) is 11.3 Å². The molecule has 0 amide bonds. The van der Waals surface area contributed by atoms with Crippen molar-refractivity contribution >= 4 is 5.69 Å². The molecule has 16 heavy (non-hydrogen) atoms. The Morgan fingerprint density at radius 2 is 1.81 bits per heavy atom. The second-order valence-corrected chi connectivity index (χ2v) is 3.77. The van der Waals surface area contributed by atoms with Gasteiger partial charge in [0.15, 0.2) is 0 Å². The Kier molecular flexibility index (Phi) is 2.82. The zero-order valence-electron chi connectivity index (χ0n) is 9.53. The van der Waals surface area contributed by atoms with E-state index in [1.807, 2.05) is 30.3 Å². The number of ether oxygens (including phenoxy) is 1. The number of aryl methyl sites for hydroxylation is 1. The van der Waals surface area contributed by atoms with Crippen LogP contribution in [-0.2, 0) is 0 Å². The molecular weight excluding hydrogens is 198 g/mol. The van der Waals surface area contributed by atoms with Gasteiger partial charge in [-0.05, 0) is 35.7 Å². The number of anilines is 1. The van der Waals surface area contributed by atoms with Crippen LogP contribution in [0.4, 0.5) is 5.69 Å². The average molecular weight is 213 g/mol. The summed E-state index contributed by atoms with van der Waals surface area (Å²) < 4.78 is 5.14. The Balaban J connectivity index is 2.50. The Morgan fingerprint density at radius 3 is 2.44 bits per heavy atom. The topological polar surface area (TPSA) is 35.2 Å². The van der Waals surface area contributed by atoms with Crippen LogP contribution in [0.1, 0.15) is 5.56 Å². The highest BCUT2D eigenvalue weighted by Crippen LogP contribution is 2.29. The molecule has 0 spiro atoms. The molecule has 0 radical (unpaired) electrons. The molecule has 2 nitrogen and oxygen atoms in total. The average Bonchev–Trinajstić information content (AvgIpc) is 2.29. The Morgan fingerprint density at radius 1 is 1.06 bits per heavy atom. The zero-order chi connectivity index (χ0) is 11.5. The predicted octanol–water partition coefficient (Wildman–Crippen LogP) is 3.25. The number of rotatable bonds is 2. The van der Waals surface area contributed by atoms with Crippen molar-refractivity contribution in [1.82, 2.24) is 0 Å². The molecular formula is C14H15NO. The smallest absolute Gasteiger partial charge is 0.141 e. The van der Waals surface area contributed by atoms with E-state index in [9.17, 15) is 0 Å². The van der Waals surface area contributed by atoms with Crippen LogP contribution < -0.4 is 10.5 Å². The summed E-state index contributed by atoms with van der Waals surface area (Å²) in [6.45, 7) is 2.09. The van der Waals surface area contributed by atoms with Crippen LogP contribution in [0.25, 0.3) is 11.1 Å². The van der Waals surface area contributed by atoms with Crippen molar-refractivity contribution in [3.63, 3.8) is 0 Å². The minimum absolute atomic E-state index is 0.670. The lowest BCUT2D eigenvalue weighted by Gasteiger charge is -2.09. The molecule has 0 aliphatic carbocycles. The number of nitrogens with two attached hydrogens (primary N) is 1. The zero-order valence-corrected chi connectivity index (χ0v) is 9.53. The summed E-state index contributed by atoms with van der Waals surface area (Å²) in [5.74, 6) is 0.720. The van der Waals surface area contributed by atoms with E-state index in [1.54, 1.807) is 7.11 Å². The first-order valence-corrected chi connectivity index (χ1v) is 5.22. The van der Waals surface area contributed by atoms with Gasteiger partial charge in [0.25, 0.3) is 0 Å². The number of methoxy groups -OCH3 is 1. The fourth-order valence-electron chi connectivity index (χ4n) is 1.80. The van der Waals surface area contributed by atoms with Crippen LogP contribution in [-0.4, -0.2) is 7.11 Å². The van der Waals surface area contributed by atoms with Crippen molar-refractivity contribution in [2.24, 2.45) is 0 Å². The van der Waals surface area contributed by atoms with Gasteiger partial charge >= 0.3 is 0 Å². The number of nitrogen functional groups attached to an aromatic ring is 1. The second kappa shape index (κ2) is 4.27. The van der Waals surface area contributed by atoms with E-state index in [2.05, 4.69) is 19.1 Å². The summed E-state index contributed by atoms with van der Waals surface area (Å²) in [4.78, 5) is 0. The lowest BCUT2D eigenvalue weighted by atomic mass is 10.0. The number of hydrogen-bond donors (Lipinski definition) is 1. The van der Waals surface area contributed by atoms with Gasteiger partial charge in [0, 0.05) is 0 Å². The molecule has 0 aliphatic heterocycles. The standard InChI is InChI=1S/C14H15NO/c1-10-5-3-4-6-12(10)11-7-8-14(16-2)13(15)9-11/h3-9H,15H2,1-2H3. The van der Waals surface area contributed by atoms with E-state index in [1.165, 1.54) is 11.1 Å². The molecule has 0 aliphatic rings. The molecule has 2 N–H and O–H groups in total. The number of hydrogen-bond acceptors (Lipinski definition) is 2. The Labute approximate surface area is 95.7 Å². The van der Waals surface area contributed by atoms with E-state index < -0.39 is 0 Å². The van der Waals surface area contributed by atoms with Crippen LogP contribution in [0.15, 0.2) is 42.5 Å². The predicted molar refractivity (Wildman–Crippen MR) is 67.6 cm³/mol. The highest BCUT2D eigenvalue weighted by atomic mass is 16.5. The molecule has 0 heterocycles. The third-order valence-electron chi connectivity index (χ3n) is 2.69. The molecule has 0 bridgehead atoms. The van der Waals surface area contributed by atoms with Gasteiger partial charge in [0.1, 0.15) is 5.75 Å². The van der Waals surface area contributed by atoms with Gasteiger partial charge in [-0.3, -0.25) is 0 Å². The molecule has 2 aromatic rings. The first kappa shape index (κ1) is 10.6. The summed E-state index contributed by atoms with van der Waals surface area (Å²) in [5, 5.41) is 0. The van der Waals surface area contributed by atoms with Gasteiger partial charge < -0.3 is 10.5 Å². The van der Waals surface area contributed by atoms with E-state index in [4.69, 9.17) is 10.5 Å². The molecule has 82 valence electrons. The van der Waals surface area contributed by atoms with E-state index in [0.29, 0.717) is 5.69 Å². The van der Waals surface area contributed by atoms with Crippen molar-refractivity contribution in [3.05, 3.63) is 48.0 Å².